The van der Waals surface area contributed by atoms with Crippen LogP contribution in [-0.2, 0) is 4.74 Å². The average Bonchev–Trinajstić information content (AvgIpc) is 2.54. The molecule has 2 saturated heterocycles. The number of hydrogen-bond donors (Lipinski definition) is 2. The SMILES string of the molecule is CN=C(NCCN1CCOCC1)NCC1CN(C)CCN1C.I. The lowest BCUT2D eigenvalue weighted by Crippen LogP contribution is -2.55. The van der Waals surface area contributed by atoms with Crippen molar-refractivity contribution in [2.45, 2.75) is 6.04 Å². The molecule has 2 aliphatic rings. The van der Waals surface area contributed by atoms with E-state index in [9.17, 15) is 0 Å². The predicted molar refractivity (Wildman–Crippen MR) is 106 cm³/mol. The lowest BCUT2D eigenvalue weighted by Gasteiger charge is -2.38. The molecule has 23 heavy (non-hydrogen) atoms. The maximum absolute atomic E-state index is 5.37. The van der Waals surface area contributed by atoms with Crippen molar-refractivity contribution in [1.29, 1.82) is 0 Å². The van der Waals surface area contributed by atoms with Gasteiger partial charge >= 0.3 is 0 Å². The van der Waals surface area contributed by atoms with E-state index in [0.29, 0.717) is 6.04 Å². The Balaban J connectivity index is 0.00000264. The van der Waals surface area contributed by atoms with E-state index in [0.717, 1.165) is 71.5 Å². The summed E-state index contributed by atoms with van der Waals surface area (Å²) in [6, 6.07) is 0.538. The van der Waals surface area contributed by atoms with Crippen LogP contribution >= 0.6 is 24.0 Å². The second-order valence-corrected chi connectivity index (χ2v) is 6.23. The molecule has 2 aliphatic heterocycles. The first-order valence-corrected chi connectivity index (χ1v) is 8.32. The summed E-state index contributed by atoms with van der Waals surface area (Å²) in [7, 11) is 6.23. The summed E-state index contributed by atoms with van der Waals surface area (Å²) in [5.41, 5.74) is 0. The van der Waals surface area contributed by atoms with Gasteiger partial charge in [-0.3, -0.25) is 14.8 Å². The number of piperazine rings is 1. The molecule has 0 aliphatic carbocycles. The first-order valence-electron chi connectivity index (χ1n) is 8.32. The molecule has 2 rings (SSSR count). The molecule has 0 bridgehead atoms. The van der Waals surface area contributed by atoms with Crippen molar-refractivity contribution in [2.75, 3.05) is 86.7 Å². The topological polar surface area (TPSA) is 55.4 Å². The number of morpholine rings is 1. The van der Waals surface area contributed by atoms with Gasteiger partial charge in [-0.2, -0.15) is 0 Å². The Morgan fingerprint density at radius 1 is 1.13 bits per heavy atom. The van der Waals surface area contributed by atoms with E-state index in [-0.39, 0.29) is 24.0 Å². The fourth-order valence-electron chi connectivity index (χ4n) is 2.91. The molecule has 7 nitrogen and oxygen atoms in total. The van der Waals surface area contributed by atoms with Gasteiger partial charge in [0.1, 0.15) is 0 Å². The molecule has 2 N–H and O–H groups in total. The number of likely N-dealkylation sites (N-methyl/N-ethyl adjacent to an activating group) is 2. The first kappa shape index (κ1) is 20.9. The third-order valence-electron chi connectivity index (χ3n) is 4.53. The van der Waals surface area contributed by atoms with Gasteiger partial charge in [-0.1, -0.05) is 0 Å². The monoisotopic (exact) mass is 440 g/mol. The minimum atomic E-state index is 0. The second-order valence-electron chi connectivity index (χ2n) is 6.23. The number of nitrogens with one attached hydrogen (secondary N) is 2. The van der Waals surface area contributed by atoms with E-state index >= 15 is 0 Å². The maximum Gasteiger partial charge on any atom is 0.191 e. The number of nitrogens with zero attached hydrogens (tertiary/aromatic N) is 4. The zero-order chi connectivity index (χ0) is 15.8. The normalized spacial score (nSPS) is 25.0. The van der Waals surface area contributed by atoms with Gasteiger partial charge < -0.3 is 20.3 Å². The molecule has 136 valence electrons. The fraction of sp³-hybridized carbons (Fsp3) is 0.933. The molecule has 0 saturated carbocycles. The highest BCUT2D eigenvalue weighted by atomic mass is 127. The van der Waals surface area contributed by atoms with Crippen LogP contribution in [0.4, 0.5) is 0 Å². The molecular formula is C15H33IN6O. The van der Waals surface area contributed by atoms with E-state index in [1.807, 2.05) is 7.05 Å². The Bertz CT molecular complexity index is 351. The summed E-state index contributed by atoms with van der Waals surface area (Å²) < 4.78 is 5.37. The van der Waals surface area contributed by atoms with Gasteiger partial charge in [-0.05, 0) is 14.1 Å². The van der Waals surface area contributed by atoms with Gasteiger partial charge in [0.05, 0.1) is 13.2 Å². The molecule has 0 radical (unpaired) electrons. The van der Waals surface area contributed by atoms with E-state index in [1.54, 1.807) is 0 Å². The van der Waals surface area contributed by atoms with Crippen molar-refractivity contribution in [3.63, 3.8) is 0 Å². The number of aliphatic imine (C=N–C) groups is 1. The van der Waals surface area contributed by atoms with Crippen LogP contribution in [0.3, 0.4) is 0 Å². The molecule has 0 aromatic heterocycles. The van der Waals surface area contributed by atoms with Crippen molar-refractivity contribution in [3.05, 3.63) is 0 Å². The predicted octanol–water partition coefficient (Wildman–Crippen LogP) is -0.653. The molecule has 8 heteroatoms. The summed E-state index contributed by atoms with van der Waals surface area (Å²) >= 11 is 0. The highest BCUT2D eigenvalue weighted by Crippen LogP contribution is 2.04. The Morgan fingerprint density at radius 3 is 2.57 bits per heavy atom. The smallest absolute Gasteiger partial charge is 0.191 e. The van der Waals surface area contributed by atoms with Crippen LogP contribution in [0.1, 0.15) is 0 Å². The van der Waals surface area contributed by atoms with E-state index in [2.05, 4.69) is 44.4 Å². The zero-order valence-corrected chi connectivity index (χ0v) is 17.1. The summed E-state index contributed by atoms with van der Waals surface area (Å²) in [6.07, 6.45) is 0. The lowest BCUT2D eigenvalue weighted by atomic mass is 10.2. The molecule has 2 fully saturated rings. The van der Waals surface area contributed by atoms with Crippen LogP contribution in [-0.4, -0.2) is 113 Å². The van der Waals surface area contributed by atoms with E-state index < -0.39 is 0 Å². The van der Waals surface area contributed by atoms with Gasteiger partial charge in [0.25, 0.3) is 0 Å². The molecule has 2 heterocycles. The maximum atomic E-state index is 5.37. The molecule has 0 spiro atoms. The molecule has 0 aromatic carbocycles. The van der Waals surface area contributed by atoms with E-state index in [1.165, 1.54) is 0 Å². The molecule has 0 aromatic rings. The van der Waals surface area contributed by atoms with Gasteiger partial charge in [-0.25, -0.2) is 0 Å². The Kier molecular flexibility index (Phi) is 10.4. The van der Waals surface area contributed by atoms with Crippen molar-refractivity contribution < 1.29 is 4.74 Å². The summed E-state index contributed by atoms with van der Waals surface area (Å²) in [5, 5.41) is 6.86. The number of rotatable bonds is 5. The van der Waals surface area contributed by atoms with Gasteiger partial charge in [-0.15, -0.1) is 24.0 Å². The van der Waals surface area contributed by atoms with Crippen LogP contribution in [0.25, 0.3) is 0 Å². The second kappa shape index (κ2) is 11.4. The van der Waals surface area contributed by atoms with Crippen molar-refractivity contribution >= 4 is 29.9 Å². The lowest BCUT2D eigenvalue weighted by molar-refractivity contribution is 0.0389. The van der Waals surface area contributed by atoms with Crippen LogP contribution in [0.5, 0.6) is 0 Å². The van der Waals surface area contributed by atoms with E-state index in [4.69, 9.17) is 4.74 Å². The van der Waals surface area contributed by atoms with Crippen LogP contribution in [0.15, 0.2) is 4.99 Å². The van der Waals surface area contributed by atoms with Crippen LogP contribution in [0.2, 0.25) is 0 Å². The Hall–Kier alpha value is -0.160. The Morgan fingerprint density at radius 2 is 1.87 bits per heavy atom. The summed E-state index contributed by atoms with van der Waals surface area (Å²) in [6.45, 7) is 10.1. The fourth-order valence-corrected chi connectivity index (χ4v) is 2.91. The van der Waals surface area contributed by atoms with Crippen molar-refractivity contribution in [2.24, 2.45) is 4.99 Å². The minimum Gasteiger partial charge on any atom is -0.379 e. The first-order chi connectivity index (χ1) is 10.7. The highest BCUT2D eigenvalue weighted by Gasteiger charge is 2.22. The summed E-state index contributed by atoms with van der Waals surface area (Å²) in [5.74, 6) is 0.898. The van der Waals surface area contributed by atoms with Crippen molar-refractivity contribution in [3.8, 4) is 0 Å². The van der Waals surface area contributed by atoms with Crippen LogP contribution < -0.4 is 10.6 Å². The quantitative estimate of drug-likeness (QED) is 0.337. The highest BCUT2D eigenvalue weighted by molar-refractivity contribution is 14.0. The molecule has 1 unspecified atom stereocenters. The molecular weight excluding hydrogens is 407 g/mol. The largest absolute Gasteiger partial charge is 0.379 e. The molecule has 0 amide bonds. The van der Waals surface area contributed by atoms with Crippen LogP contribution in [0, 0.1) is 0 Å². The zero-order valence-electron chi connectivity index (χ0n) is 14.8. The Labute approximate surface area is 157 Å². The van der Waals surface area contributed by atoms with Crippen molar-refractivity contribution in [1.82, 2.24) is 25.3 Å². The van der Waals surface area contributed by atoms with Gasteiger partial charge in [0.15, 0.2) is 5.96 Å². The number of ether oxygens (including phenoxy) is 1. The number of halogens is 1. The van der Waals surface area contributed by atoms with Gasteiger partial charge in [0.2, 0.25) is 0 Å². The molecule has 1 atom stereocenters. The number of guanidine groups is 1. The third-order valence-corrected chi connectivity index (χ3v) is 4.53. The summed E-state index contributed by atoms with van der Waals surface area (Å²) in [4.78, 5) is 11.6. The average molecular weight is 440 g/mol. The standard InChI is InChI=1S/C15H32N6O.HI/c1-16-15(17-4-5-21-8-10-22-11-9-21)18-12-14-13-19(2)6-7-20(14)3;/h14H,4-13H2,1-3H3,(H2,16,17,18);1H. The van der Waals surface area contributed by atoms with Gasteiger partial charge in [0, 0.05) is 65.4 Å². The minimum absolute atomic E-state index is 0. The number of hydrogen-bond acceptors (Lipinski definition) is 5. The third kappa shape index (κ3) is 7.51.